The Bertz CT molecular complexity index is 659. The second-order valence-corrected chi connectivity index (χ2v) is 11.1. The van der Waals surface area contributed by atoms with E-state index in [9.17, 15) is 9.59 Å². The number of Topliss-reactive ketones (excluding diaryl/α,β-unsaturated/α-hetero) is 2. The van der Waals surface area contributed by atoms with Crippen LogP contribution < -0.4 is 0 Å². The molecule has 4 atom stereocenters. The second-order valence-electron chi connectivity index (χ2n) is 11.1. The molecular weight excluding hydrogens is 380 g/mol. The maximum atomic E-state index is 13.6. The Morgan fingerprint density at radius 2 is 1.00 bits per heavy atom. The number of ether oxygens (including phenoxy) is 2. The van der Waals surface area contributed by atoms with E-state index in [0.29, 0.717) is 11.6 Å². The minimum Gasteiger partial charge on any atom is -0.412 e. The average molecular weight is 419 g/mol. The lowest BCUT2D eigenvalue weighted by atomic mass is 9.64. The van der Waals surface area contributed by atoms with Gasteiger partial charge in [-0.05, 0) is 70.6 Å². The van der Waals surface area contributed by atoms with Crippen molar-refractivity contribution >= 4 is 11.6 Å². The molecule has 6 aliphatic rings. The molecule has 0 radical (unpaired) electrons. The Balaban J connectivity index is 0.00000193. The minimum atomic E-state index is -0.480. The summed E-state index contributed by atoms with van der Waals surface area (Å²) in [4.78, 5) is 27.1. The first kappa shape index (κ1) is 21.1. The van der Waals surface area contributed by atoms with Crippen molar-refractivity contribution in [2.75, 3.05) is 0 Å². The summed E-state index contributed by atoms with van der Waals surface area (Å²) in [6.07, 6.45) is 18.2. The van der Waals surface area contributed by atoms with Crippen LogP contribution in [0.1, 0.15) is 109 Å². The molecule has 0 bridgehead atoms. The summed E-state index contributed by atoms with van der Waals surface area (Å²) in [6.45, 7) is 0. The third-order valence-corrected chi connectivity index (χ3v) is 9.72. The molecule has 0 aromatic heterocycles. The van der Waals surface area contributed by atoms with Gasteiger partial charge in [-0.25, -0.2) is 0 Å². The summed E-state index contributed by atoms with van der Waals surface area (Å²) >= 11 is 0. The number of carbonyl (C=O) groups excluding carboxylic acids is 2. The van der Waals surface area contributed by atoms with E-state index in [2.05, 4.69) is 0 Å². The van der Waals surface area contributed by atoms with Crippen LogP contribution >= 0.6 is 0 Å². The minimum absolute atomic E-state index is 0. The first-order valence-electron chi connectivity index (χ1n) is 12.6. The molecule has 4 aliphatic carbocycles. The molecular formula is C25H38O5. The molecule has 0 unspecified atom stereocenters. The molecule has 2 heterocycles. The molecule has 4 saturated carbocycles. The standard InChI is InChI=1S/C25H36O4.H2O/c26-20-18(9-7-15-24(20)22(28-24)11-3-1-4-12-22)17-19-10-8-16-25(21(19)27)23(29-25)13-5-2-6-14-23;/h18-19H,1-17H2;1H2/t18-,19-,24+,25+;/m1./s1. The van der Waals surface area contributed by atoms with Gasteiger partial charge in [0.05, 0.1) is 0 Å². The molecule has 2 N–H and O–H groups in total. The Morgan fingerprint density at radius 1 is 0.600 bits per heavy atom. The maximum Gasteiger partial charge on any atom is 0.170 e. The van der Waals surface area contributed by atoms with Gasteiger partial charge in [-0.1, -0.05) is 38.5 Å². The molecule has 4 spiro atoms. The highest BCUT2D eigenvalue weighted by molar-refractivity contribution is 5.97. The fraction of sp³-hybridized carbons (Fsp3) is 0.920. The predicted octanol–water partition coefficient (Wildman–Crippen LogP) is 4.23. The van der Waals surface area contributed by atoms with Crippen molar-refractivity contribution in [3.05, 3.63) is 0 Å². The van der Waals surface area contributed by atoms with E-state index in [0.717, 1.165) is 70.6 Å². The van der Waals surface area contributed by atoms with Crippen molar-refractivity contribution in [3.63, 3.8) is 0 Å². The molecule has 0 amide bonds. The molecule has 5 heteroatoms. The van der Waals surface area contributed by atoms with E-state index >= 15 is 0 Å². The Labute approximate surface area is 179 Å². The van der Waals surface area contributed by atoms with Crippen molar-refractivity contribution in [1.29, 1.82) is 0 Å². The topological polar surface area (TPSA) is 90.7 Å². The van der Waals surface area contributed by atoms with Crippen LogP contribution in [0.2, 0.25) is 0 Å². The number of rotatable bonds is 2. The number of hydrogen-bond acceptors (Lipinski definition) is 4. The number of ketones is 2. The molecule has 5 nitrogen and oxygen atoms in total. The number of carbonyl (C=O) groups is 2. The van der Waals surface area contributed by atoms with Crippen molar-refractivity contribution in [2.24, 2.45) is 11.8 Å². The molecule has 6 fully saturated rings. The van der Waals surface area contributed by atoms with Crippen LogP contribution in [0.15, 0.2) is 0 Å². The van der Waals surface area contributed by atoms with E-state index in [4.69, 9.17) is 9.47 Å². The van der Waals surface area contributed by atoms with Gasteiger partial charge in [-0.15, -0.1) is 0 Å². The highest BCUT2D eigenvalue weighted by Gasteiger charge is 2.76. The lowest BCUT2D eigenvalue weighted by Crippen LogP contribution is -2.46. The number of fused-ring (bicyclic) bond motifs is 2. The third kappa shape index (κ3) is 2.70. The summed E-state index contributed by atoms with van der Waals surface area (Å²) in [5.41, 5.74) is -1.23. The van der Waals surface area contributed by atoms with Gasteiger partial charge in [-0.2, -0.15) is 0 Å². The second kappa shape index (κ2) is 7.11. The zero-order valence-electron chi connectivity index (χ0n) is 18.3. The van der Waals surface area contributed by atoms with Crippen LogP contribution in [0.3, 0.4) is 0 Å². The van der Waals surface area contributed by atoms with Crippen LogP contribution in [0.4, 0.5) is 0 Å². The van der Waals surface area contributed by atoms with E-state index in [-0.39, 0.29) is 28.5 Å². The molecule has 2 aliphatic heterocycles. The van der Waals surface area contributed by atoms with Gasteiger partial charge in [0, 0.05) is 11.8 Å². The number of epoxide rings is 2. The van der Waals surface area contributed by atoms with Crippen molar-refractivity contribution in [1.82, 2.24) is 0 Å². The molecule has 0 aromatic rings. The SMILES string of the molecule is O.O=C1[C@@H](C[C@H]2CCC[C@]3(OC34CCCCC4)C2=O)CCC[C@]12OC21CCCCC1. The zero-order chi connectivity index (χ0) is 19.7. The molecule has 30 heavy (non-hydrogen) atoms. The van der Waals surface area contributed by atoms with Gasteiger partial charge in [0.2, 0.25) is 0 Å². The van der Waals surface area contributed by atoms with Gasteiger partial charge in [0.1, 0.15) is 11.2 Å². The van der Waals surface area contributed by atoms with Gasteiger partial charge < -0.3 is 14.9 Å². The summed E-state index contributed by atoms with van der Waals surface area (Å²) in [6, 6.07) is 0. The fourth-order valence-electron chi connectivity index (χ4n) is 8.14. The van der Waals surface area contributed by atoms with Crippen LogP contribution in [-0.4, -0.2) is 39.4 Å². The predicted molar refractivity (Wildman–Crippen MR) is 112 cm³/mol. The highest BCUT2D eigenvalue weighted by atomic mass is 16.6. The first-order chi connectivity index (χ1) is 14.1. The van der Waals surface area contributed by atoms with Crippen LogP contribution in [0.5, 0.6) is 0 Å². The van der Waals surface area contributed by atoms with Gasteiger partial charge >= 0.3 is 0 Å². The van der Waals surface area contributed by atoms with E-state index < -0.39 is 11.2 Å². The van der Waals surface area contributed by atoms with Crippen LogP contribution in [0.25, 0.3) is 0 Å². The normalized spacial score (nSPS) is 43.7. The smallest absolute Gasteiger partial charge is 0.170 e. The largest absolute Gasteiger partial charge is 0.412 e. The summed E-state index contributed by atoms with van der Waals surface area (Å²) < 4.78 is 12.6. The van der Waals surface area contributed by atoms with E-state index in [1.807, 2.05) is 0 Å². The molecule has 6 rings (SSSR count). The Hall–Kier alpha value is -0.780. The van der Waals surface area contributed by atoms with Gasteiger partial charge in [0.25, 0.3) is 0 Å². The van der Waals surface area contributed by atoms with Crippen molar-refractivity contribution in [2.45, 2.75) is 132 Å². The lowest BCUT2D eigenvalue weighted by Gasteiger charge is -2.34. The van der Waals surface area contributed by atoms with Crippen molar-refractivity contribution < 1.29 is 24.5 Å². The monoisotopic (exact) mass is 418 g/mol. The number of hydrogen-bond donors (Lipinski definition) is 0. The lowest BCUT2D eigenvalue weighted by molar-refractivity contribution is -0.135. The fourth-order valence-corrected chi connectivity index (χ4v) is 8.14. The first-order valence-corrected chi connectivity index (χ1v) is 12.6. The van der Waals surface area contributed by atoms with E-state index in [1.165, 1.54) is 38.5 Å². The van der Waals surface area contributed by atoms with Gasteiger partial charge in [0.15, 0.2) is 22.8 Å². The Kier molecular flexibility index (Phi) is 5.00. The van der Waals surface area contributed by atoms with Gasteiger partial charge in [-0.3, -0.25) is 9.59 Å². The maximum absolute atomic E-state index is 13.6. The Morgan fingerprint density at radius 3 is 1.40 bits per heavy atom. The summed E-state index contributed by atoms with van der Waals surface area (Å²) in [7, 11) is 0. The highest BCUT2D eigenvalue weighted by Crippen LogP contribution is 2.64. The van der Waals surface area contributed by atoms with E-state index in [1.54, 1.807) is 0 Å². The van der Waals surface area contributed by atoms with Crippen molar-refractivity contribution in [3.8, 4) is 0 Å². The third-order valence-electron chi connectivity index (χ3n) is 9.72. The molecule has 0 aromatic carbocycles. The zero-order valence-corrected chi connectivity index (χ0v) is 18.3. The quantitative estimate of drug-likeness (QED) is 0.627. The summed E-state index contributed by atoms with van der Waals surface area (Å²) in [5, 5.41) is 0. The average Bonchev–Trinajstić information content (AvgIpc) is 3.56. The molecule has 168 valence electrons. The molecule has 2 saturated heterocycles. The van der Waals surface area contributed by atoms with Crippen LogP contribution in [0, 0.1) is 11.8 Å². The summed E-state index contributed by atoms with van der Waals surface area (Å²) in [5.74, 6) is 0.745. The van der Waals surface area contributed by atoms with Crippen LogP contribution in [-0.2, 0) is 19.1 Å².